The van der Waals surface area contributed by atoms with Crippen molar-refractivity contribution in [3.63, 3.8) is 0 Å². The van der Waals surface area contributed by atoms with Gasteiger partial charge in [0.05, 0.1) is 16.9 Å². The van der Waals surface area contributed by atoms with E-state index < -0.39 is 0 Å². The summed E-state index contributed by atoms with van der Waals surface area (Å²) in [6.45, 7) is 12.3. The molecular weight excluding hydrogens is 442 g/mol. The quantitative estimate of drug-likeness (QED) is 0.280. The predicted octanol–water partition coefficient (Wildman–Crippen LogP) is 6.59. The van der Waals surface area contributed by atoms with Gasteiger partial charge in [-0.25, -0.2) is 9.97 Å². The third kappa shape index (κ3) is 5.16. The van der Waals surface area contributed by atoms with Crippen LogP contribution in [0.15, 0.2) is 39.8 Å². The van der Waals surface area contributed by atoms with Gasteiger partial charge in [0.1, 0.15) is 11.6 Å². The second kappa shape index (κ2) is 10.7. The van der Waals surface area contributed by atoms with Gasteiger partial charge in [0.15, 0.2) is 5.82 Å². The number of nitrogens with zero attached hydrogens (tertiary/aromatic N) is 3. The molecule has 7 heteroatoms. The van der Waals surface area contributed by atoms with Crippen LogP contribution in [-0.2, 0) is 0 Å². The Hall–Kier alpha value is -2.93. The fourth-order valence-corrected chi connectivity index (χ4v) is 3.61. The van der Waals surface area contributed by atoms with Gasteiger partial charge in [-0.1, -0.05) is 13.8 Å². The first-order valence-electron chi connectivity index (χ1n) is 9.88. The smallest absolute Gasteiger partial charge is 0.158 e. The molecule has 0 spiro atoms. The molecule has 6 nitrogen and oxygen atoms in total. The van der Waals surface area contributed by atoms with Gasteiger partial charge >= 0.3 is 0 Å². The number of hydrogen-bond donors (Lipinski definition) is 3. The van der Waals surface area contributed by atoms with Crippen LogP contribution < -0.4 is 10.6 Å². The summed E-state index contributed by atoms with van der Waals surface area (Å²) in [6.07, 6.45) is 1.55. The Morgan fingerprint density at radius 1 is 1.23 bits per heavy atom. The highest BCUT2D eigenvalue weighted by Gasteiger charge is 2.11. The SMILES string of the molecule is C=Nc1cc(/C(O)=C/c2nc(NCC)c3cc(C)cc(Br)c3n2)ccc1NC.CC. The maximum Gasteiger partial charge on any atom is 0.158 e. The second-order valence-corrected chi connectivity index (χ2v) is 7.13. The number of aliphatic hydroxyl groups excluding tert-OH is 1. The number of nitrogens with one attached hydrogen (secondary N) is 2. The summed E-state index contributed by atoms with van der Waals surface area (Å²) < 4.78 is 0.884. The van der Waals surface area contributed by atoms with Crippen LogP contribution in [0.2, 0.25) is 0 Å². The van der Waals surface area contributed by atoms with E-state index in [2.05, 4.69) is 48.2 Å². The summed E-state index contributed by atoms with van der Waals surface area (Å²) >= 11 is 3.59. The number of benzene rings is 2. The molecule has 1 aromatic heterocycles. The maximum absolute atomic E-state index is 10.6. The molecule has 0 bridgehead atoms. The lowest BCUT2D eigenvalue weighted by Crippen LogP contribution is -2.04. The lowest BCUT2D eigenvalue weighted by Gasteiger charge is -2.11. The number of aliphatic imine (C=N–C) groups is 1. The summed E-state index contributed by atoms with van der Waals surface area (Å²) in [5.74, 6) is 1.20. The molecule has 3 rings (SSSR count). The molecule has 0 unspecified atom stereocenters. The molecule has 158 valence electrons. The van der Waals surface area contributed by atoms with Crippen LogP contribution in [0.5, 0.6) is 0 Å². The molecule has 0 aliphatic heterocycles. The summed E-state index contributed by atoms with van der Waals surface area (Å²) in [7, 11) is 1.81. The number of hydrogen-bond acceptors (Lipinski definition) is 6. The van der Waals surface area contributed by atoms with Crippen molar-refractivity contribution in [2.45, 2.75) is 27.7 Å². The Morgan fingerprint density at radius 3 is 2.60 bits per heavy atom. The average Bonchev–Trinajstić information content (AvgIpc) is 2.75. The Bertz CT molecular complexity index is 1080. The number of aliphatic hydroxyl groups is 1. The van der Waals surface area contributed by atoms with Gasteiger partial charge in [0.2, 0.25) is 0 Å². The average molecular weight is 470 g/mol. The fourth-order valence-electron chi connectivity index (χ4n) is 2.95. The minimum absolute atomic E-state index is 0.0533. The molecule has 0 atom stereocenters. The van der Waals surface area contributed by atoms with Crippen molar-refractivity contribution in [2.24, 2.45) is 4.99 Å². The standard InChI is InChI=1S/C21H22BrN5O.C2H6/c1-5-25-21-14-8-12(2)9-15(22)20(14)26-19(27-21)11-18(28)13-6-7-16(23-3)17(10-13)24-4;1-2/h6-11,23,28H,4-5H2,1-3H3,(H,25,26,27);1-2H3/b18-11-;. The molecule has 0 aliphatic carbocycles. The molecule has 0 saturated heterocycles. The fraction of sp³-hybridized carbons (Fsp3) is 0.261. The van der Waals surface area contributed by atoms with E-state index >= 15 is 0 Å². The van der Waals surface area contributed by atoms with E-state index in [1.807, 2.05) is 52.9 Å². The number of aryl methyl sites for hydroxylation is 1. The van der Waals surface area contributed by atoms with Crippen molar-refractivity contribution < 1.29 is 5.11 Å². The van der Waals surface area contributed by atoms with Gasteiger partial charge in [-0.3, -0.25) is 4.99 Å². The van der Waals surface area contributed by atoms with Crippen LogP contribution in [0, 0.1) is 6.92 Å². The third-order valence-electron chi connectivity index (χ3n) is 4.26. The molecule has 0 amide bonds. The Labute approximate surface area is 186 Å². The van der Waals surface area contributed by atoms with Crippen molar-refractivity contribution in [3.8, 4) is 0 Å². The van der Waals surface area contributed by atoms with Crippen molar-refractivity contribution in [2.75, 3.05) is 24.2 Å². The third-order valence-corrected chi connectivity index (χ3v) is 4.86. The highest BCUT2D eigenvalue weighted by atomic mass is 79.9. The monoisotopic (exact) mass is 469 g/mol. The number of aromatic nitrogens is 2. The zero-order chi connectivity index (χ0) is 22.3. The van der Waals surface area contributed by atoms with Gasteiger partial charge in [-0.05, 0) is 72.4 Å². The molecule has 0 saturated carbocycles. The zero-order valence-corrected chi connectivity index (χ0v) is 19.6. The normalized spacial score (nSPS) is 10.9. The van der Waals surface area contributed by atoms with Crippen LogP contribution in [0.25, 0.3) is 22.7 Å². The molecule has 3 N–H and O–H groups in total. The van der Waals surface area contributed by atoms with Crippen LogP contribution in [0.3, 0.4) is 0 Å². The molecule has 0 aliphatic rings. The lowest BCUT2D eigenvalue weighted by molar-refractivity contribution is 0.515. The summed E-state index contributed by atoms with van der Waals surface area (Å²) in [6, 6.07) is 9.46. The first-order chi connectivity index (χ1) is 14.5. The van der Waals surface area contributed by atoms with Crippen molar-refractivity contribution in [3.05, 3.63) is 51.8 Å². The molecule has 30 heavy (non-hydrogen) atoms. The predicted molar refractivity (Wildman–Crippen MR) is 133 cm³/mol. The molecular formula is C23H28BrN5O. The van der Waals surface area contributed by atoms with Crippen LogP contribution in [-0.4, -0.2) is 35.4 Å². The van der Waals surface area contributed by atoms with E-state index in [0.717, 1.165) is 39.0 Å². The highest BCUT2D eigenvalue weighted by Crippen LogP contribution is 2.31. The largest absolute Gasteiger partial charge is 0.507 e. The number of fused-ring (bicyclic) bond motifs is 1. The summed E-state index contributed by atoms with van der Waals surface area (Å²) in [4.78, 5) is 13.2. The molecule has 3 aromatic rings. The van der Waals surface area contributed by atoms with Gasteiger partial charge in [-0.15, -0.1) is 0 Å². The number of halogens is 1. The second-order valence-electron chi connectivity index (χ2n) is 6.27. The minimum Gasteiger partial charge on any atom is -0.507 e. The van der Waals surface area contributed by atoms with Gasteiger partial charge < -0.3 is 15.7 Å². The Kier molecular flexibility index (Phi) is 8.35. The maximum atomic E-state index is 10.6. The van der Waals surface area contributed by atoms with Crippen LogP contribution in [0.1, 0.15) is 37.7 Å². The lowest BCUT2D eigenvalue weighted by atomic mass is 10.1. The minimum atomic E-state index is 0.0533. The van der Waals surface area contributed by atoms with E-state index in [1.165, 1.54) is 0 Å². The van der Waals surface area contributed by atoms with E-state index in [4.69, 9.17) is 0 Å². The van der Waals surface area contributed by atoms with Gasteiger partial charge in [0, 0.05) is 35.1 Å². The van der Waals surface area contributed by atoms with Gasteiger partial charge in [0.25, 0.3) is 0 Å². The first kappa shape index (κ1) is 23.3. The van der Waals surface area contributed by atoms with Crippen molar-refractivity contribution in [1.29, 1.82) is 0 Å². The molecule has 2 aromatic carbocycles. The molecule has 0 fully saturated rings. The molecule has 1 heterocycles. The topological polar surface area (TPSA) is 82.4 Å². The Balaban J connectivity index is 0.00000155. The van der Waals surface area contributed by atoms with Crippen molar-refractivity contribution in [1.82, 2.24) is 9.97 Å². The van der Waals surface area contributed by atoms with Gasteiger partial charge in [-0.2, -0.15) is 0 Å². The van der Waals surface area contributed by atoms with Crippen LogP contribution in [0.4, 0.5) is 17.2 Å². The highest BCUT2D eigenvalue weighted by molar-refractivity contribution is 9.10. The zero-order valence-electron chi connectivity index (χ0n) is 18.0. The number of anilines is 2. The molecule has 0 radical (unpaired) electrons. The van der Waals surface area contributed by atoms with E-state index in [0.29, 0.717) is 17.1 Å². The van der Waals surface area contributed by atoms with E-state index in [1.54, 1.807) is 18.2 Å². The van der Waals surface area contributed by atoms with E-state index in [9.17, 15) is 5.11 Å². The summed E-state index contributed by atoms with van der Waals surface area (Å²) in [5, 5.41) is 17.9. The first-order valence-corrected chi connectivity index (χ1v) is 10.7. The Morgan fingerprint density at radius 2 is 1.97 bits per heavy atom. The van der Waals surface area contributed by atoms with E-state index in [-0.39, 0.29) is 5.76 Å². The van der Waals surface area contributed by atoms with Crippen molar-refractivity contribution >= 4 is 62.6 Å². The van der Waals surface area contributed by atoms with Crippen LogP contribution >= 0.6 is 15.9 Å². The summed E-state index contributed by atoms with van der Waals surface area (Å²) in [5.41, 5.74) is 4.00. The number of rotatable bonds is 6.